The highest BCUT2D eigenvalue weighted by molar-refractivity contribution is 5.52. The lowest BCUT2D eigenvalue weighted by molar-refractivity contribution is 0.0917. The molecule has 0 fully saturated rings. The Balaban J connectivity index is 1.99. The summed E-state index contributed by atoms with van der Waals surface area (Å²) in [4.78, 5) is 0. The van der Waals surface area contributed by atoms with Crippen molar-refractivity contribution in [3.05, 3.63) is 33.4 Å². The molecule has 0 amide bonds. The smallest absolute Gasteiger partial charge is 0.0728 e. The number of hydrogen-bond acceptors (Lipinski definition) is 4. The first-order valence-electron chi connectivity index (χ1n) is 8.70. The molecule has 1 aromatic carbocycles. The molecule has 2 aliphatic rings. The van der Waals surface area contributed by atoms with Gasteiger partial charge in [-0.2, -0.15) is 0 Å². The van der Waals surface area contributed by atoms with Gasteiger partial charge in [0.05, 0.1) is 33.0 Å². The molecule has 0 bridgehead atoms. The van der Waals surface area contributed by atoms with Gasteiger partial charge in [0, 0.05) is 20.3 Å². The zero-order chi connectivity index (χ0) is 16.1. The Morgan fingerprint density at radius 3 is 2.00 bits per heavy atom. The fourth-order valence-corrected chi connectivity index (χ4v) is 3.60. The van der Waals surface area contributed by atoms with E-state index in [4.69, 9.17) is 18.9 Å². The van der Waals surface area contributed by atoms with Gasteiger partial charge in [0.25, 0.3) is 0 Å². The first kappa shape index (κ1) is 16.9. The van der Waals surface area contributed by atoms with Crippen LogP contribution in [0.4, 0.5) is 0 Å². The highest BCUT2D eigenvalue weighted by Gasteiger charge is 2.25. The zero-order valence-corrected chi connectivity index (χ0v) is 14.4. The van der Waals surface area contributed by atoms with Crippen LogP contribution in [0.2, 0.25) is 0 Å². The lowest BCUT2D eigenvalue weighted by Gasteiger charge is -2.22. The third-order valence-electron chi connectivity index (χ3n) is 4.96. The van der Waals surface area contributed by atoms with E-state index in [-0.39, 0.29) is 0 Å². The molecule has 23 heavy (non-hydrogen) atoms. The van der Waals surface area contributed by atoms with E-state index < -0.39 is 0 Å². The van der Waals surface area contributed by atoms with E-state index in [9.17, 15) is 0 Å². The van der Waals surface area contributed by atoms with Gasteiger partial charge in [-0.3, -0.25) is 0 Å². The minimum absolute atomic E-state index is 0.616. The molecule has 2 heterocycles. The van der Waals surface area contributed by atoms with E-state index in [1.165, 1.54) is 46.2 Å². The summed E-state index contributed by atoms with van der Waals surface area (Å²) in [7, 11) is 1.75. The van der Waals surface area contributed by atoms with Crippen molar-refractivity contribution in [3.63, 3.8) is 0 Å². The molecule has 0 saturated carbocycles. The molecular weight excluding hydrogens is 292 g/mol. The minimum atomic E-state index is 0.616. The largest absolute Gasteiger partial charge is 0.380 e. The Morgan fingerprint density at radius 1 is 0.739 bits per heavy atom. The summed E-state index contributed by atoms with van der Waals surface area (Å²) < 4.78 is 23.2. The second-order valence-corrected chi connectivity index (χ2v) is 6.46. The van der Waals surface area contributed by atoms with Gasteiger partial charge in [-0.1, -0.05) is 12.8 Å². The molecule has 0 aliphatic carbocycles. The van der Waals surface area contributed by atoms with Gasteiger partial charge >= 0.3 is 0 Å². The summed E-state index contributed by atoms with van der Waals surface area (Å²) in [6.07, 6.45) is 4.70. The van der Waals surface area contributed by atoms with Crippen LogP contribution in [0, 0.1) is 6.92 Å². The van der Waals surface area contributed by atoms with Crippen LogP contribution in [0.3, 0.4) is 0 Å². The van der Waals surface area contributed by atoms with Crippen LogP contribution in [0.15, 0.2) is 0 Å². The molecule has 0 radical (unpaired) electrons. The van der Waals surface area contributed by atoms with Gasteiger partial charge in [0.2, 0.25) is 0 Å². The van der Waals surface area contributed by atoms with Crippen molar-refractivity contribution in [2.24, 2.45) is 0 Å². The summed E-state index contributed by atoms with van der Waals surface area (Å²) >= 11 is 0. The van der Waals surface area contributed by atoms with Crippen molar-refractivity contribution >= 4 is 0 Å². The Morgan fingerprint density at radius 2 is 1.30 bits per heavy atom. The second kappa shape index (κ2) is 8.25. The fourth-order valence-electron chi connectivity index (χ4n) is 3.60. The molecule has 0 N–H and O–H groups in total. The molecule has 4 nitrogen and oxygen atoms in total. The normalized spacial score (nSPS) is 19.6. The SMILES string of the molecule is COCc1c(C)c2c(c3c1COCCCCCCOC3)COC2. The molecule has 4 heteroatoms. The fraction of sp³-hybridized carbons (Fsp3) is 0.684. The Kier molecular flexibility index (Phi) is 6.06. The summed E-state index contributed by atoms with van der Waals surface area (Å²) in [6, 6.07) is 0. The predicted molar refractivity (Wildman–Crippen MR) is 88.2 cm³/mol. The first-order chi connectivity index (χ1) is 11.3. The van der Waals surface area contributed by atoms with Crippen molar-refractivity contribution in [3.8, 4) is 0 Å². The van der Waals surface area contributed by atoms with E-state index in [1.807, 2.05) is 0 Å². The number of rotatable bonds is 2. The maximum atomic E-state index is 5.98. The number of ether oxygens (including phenoxy) is 4. The highest BCUT2D eigenvalue weighted by Crippen LogP contribution is 2.34. The van der Waals surface area contributed by atoms with E-state index in [0.29, 0.717) is 33.0 Å². The van der Waals surface area contributed by atoms with Crippen LogP contribution in [-0.4, -0.2) is 20.3 Å². The molecule has 2 aliphatic heterocycles. The van der Waals surface area contributed by atoms with Gasteiger partial charge in [-0.15, -0.1) is 0 Å². The number of methoxy groups -OCH3 is 1. The predicted octanol–water partition coefficient (Wildman–Crippen LogP) is 3.78. The standard InChI is InChI=1S/C19H28O4/c1-14-15(9-20-2)17-11-21-7-5-3-4-6-8-22-12-19(17)18-13-23-10-16(14)18/h3-13H2,1-2H3. The van der Waals surface area contributed by atoms with Crippen LogP contribution < -0.4 is 0 Å². The lowest BCUT2D eigenvalue weighted by atomic mass is 9.89. The molecule has 0 aromatic heterocycles. The van der Waals surface area contributed by atoms with Crippen molar-refractivity contribution in [2.75, 3.05) is 20.3 Å². The van der Waals surface area contributed by atoms with Gasteiger partial charge in [0.1, 0.15) is 0 Å². The quantitative estimate of drug-likeness (QED) is 0.831. The summed E-state index contributed by atoms with van der Waals surface area (Å²) in [5.74, 6) is 0. The summed E-state index contributed by atoms with van der Waals surface area (Å²) in [6.45, 7) is 7.15. The van der Waals surface area contributed by atoms with Crippen LogP contribution in [0.25, 0.3) is 0 Å². The van der Waals surface area contributed by atoms with Gasteiger partial charge in [-0.25, -0.2) is 0 Å². The van der Waals surface area contributed by atoms with Crippen LogP contribution in [-0.2, 0) is 52.0 Å². The van der Waals surface area contributed by atoms with Gasteiger partial charge in [0.15, 0.2) is 0 Å². The molecule has 0 spiro atoms. The first-order valence-corrected chi connectivity index (χ1v) is 8.70. The zero-order valence-electron chi connectivity index (χ0n) is 14.4. The summed E-state index contributed by atoms with van der Waals surface area (Å²) in [5.41, 5.74) is 7.73. The number of fused-ring (bicyclic) bond motifs is 3. The van der Waals surface area contributed by atoms with E-state index in [0.717, 1.165) is 26.1 Å². The average Bonchev–Trinajstić information content (AvgIpc) is 3.02. The molecule has 0 saturated heterocycles. The molecule has 3 rings (SSSR count). The highest BCUT2D eigenvalue weighted by atomic mass is 16.5. The van der Waals surface area contributed by atoms with Crippen molar-refractivity contribution in [2.45, 2.75) is 65.6 Å². The molecule has 1 aromatic rings. The van der Waals surface area contributed by atoms with Gasteiger partial charge in [-0.05, 0) is 53.1 Å². The molecular formula is C19H28O4. The minimum Gasteiger partial charge on any atom is -0.380 e. The van der Waals surface area contributed by atoms with Crippen LogP contribution in [0.5, 0.6) is 0 Å². The lowest BCUT2D eigenvalue weighted by Crippen LogP contribution is -2.13. The Hall–Kier alpha value is -0.940. The van der Waals surface area contributed by atoms with Gasteiger partial charge < -0.3 is 18.9 Å². The van der Waals surface area contributed by atoms with Crippen LogP contribution >= 0.6 is 0 Å². The number of hydrogen-bond donors (Lipinski definition) is 0. The van der Waals surface area contributed by atoms with Crippen LogP contribution in [0.1, 0.15) is 59.1 Å². The average molecular weight is 320 g/mol. The number of benzene rings is 1. The third-order valence-corrected chi connectivity index (χ3v) is 4.96. The summed E-state index contributed by atoms with van der Waals surface area (Å²) in [5, 5.41) is 0. The Labute approximate surface area is 139 Å². The Bertz CT molecular complexity index is 539. The maximum absolute atomic E-state index is 5.98. The van der Waals surface area contributed by atoms with E-state index in [2.05, 4.69) is 6.92 Å². The monoisotopic (exact) mass is 320 g/mol. The second-order valence-electron chi connectivity index (χ2n) is 6.46. The van der Waals surface area contributed by atoms with Crippen molar-refractivity contribution in [1.29, 1.82) is 0 Å². The topological polar surface area (TPSA) is 36.9 Å². The van der Waals surface area contributed by atoms with E-state index >= 15 is 0 Å². The molecule has 0 atom stereocenters. The molecule has 128 valence electrons. The van der Waals surface area contributed by atoms with Crippen molar-refractivity contribution < 1.29 is 18.9 Å². The van der Waals surface area contributed by atoms with Crippen molar-refractivity contribution in [1.82, 2.24) is 0 Å². The molecule has 0 unspecified atom stereocenters. The maximum Gasteiger partial charge on any atom is 0.0728 e. The van der Waals surface area contributed by atoms with E-state index in [1.54, 1.807) is 7.11 Å². The third kappa shape index (κ3) is 3.77.